The van der Waals surface area contributed by atoms with Gasteiger partial charge in [-0.1, -0.05) is 0 Å². The van der Waals surface area contributed by atoms with Crippen molar-refractivity contribution in [2.24, 2.45) is 0 Å². The zero-order chi connectivity index (χ0) is 15.5. The van der Waals surface area contributed by atoms with Crippen molar-refractivity contribution < 1.29 is 17.4 Å². The number of nitrogens with one attached hydrogen (secondary N) is 1. The molecule has 0 bridgehead atoms. The van der Waals surface area contributed by atoms with Crippen molar-refractivity contribution in [3.05, 3.63) is 23.8 Å². The number of carbonyl (C=O) groups is 1. The lowest BCUT2D eigenvalue weighted by molar-refractivity contribution is 0.102. The van der Waals surface area contributed by atoms with Gasteiger partial charge in [0, 0.05) is 42.4 Å². The minimum absolute atomic E-state index is 0.0573. The maximum atomic E-state index is 12.0. The van der Waals surface area contributed by atoms with Crippen molar-refractivity contribution in [2.75, 3.05) is 31.8 Å². The molecule has 20 heavy (non-hydrogen) atoms. The molecule has 0 aliphatic rings. The summed E-state index contributed by atoms with van der Waals surface area (Å²) in [6.07, 6.45) is 1.39. The fourth-order valence-electron chi connectivity index (χ4n) is 1.50. The second-order valence-electron chi connectivity index (χ2n) is 4.38. The highest BCUT2D eigenvalue weighted by Crippen LogP contribution is 2.18. The van der Waals surface area contributed by atoms with Crippen molar-refractivity contribution in [3.8, 4) is 0 Å². The molecule has 0 radical (unpaired) electrons. The van der Waals surface area contributed by atoms with Crippen LogP contribution in [0, 0.1) is 0 Å². The monoisotopic (exact) mass is 319 g/mol. The topological polar surface area (TPSA) is 110 Å². The number of hydrogen-bond donors (Lipinski definition) is 2. The fraction of sp³-hybridized carbons (Fsp3) is 0.364. The molecule has 0 aliphatic heterocycles. The van der Waals surface area contributed by atoms with E-state index in [1.807, 2.05) is 0 Å². The van der Waals surface area contributed by atoms with Crippen LogP contribution >= 0.6 is 0 Å². The predicted octanol–water partition coefficient (Wildman–Crippen LogP) is -0.415. The van der Waals surface area contributed by atoms with Crippen molar-refractivity contribution in [2.45, 2.75) is 4.90 Å². The Balaban J connectivity index is 3.21. The third-order valence-electron chi connectivity index (χ3n) is 2.27. The summed E-state index contributed by atoms with van der Waals surface area (Å²) in [4.78, 5) is 14.1. The first kappa shape index (κ1) is 16.8. The second-order valence-corrected chi connectivity index (χ2v) is 7.47. The quantitative estimate of drug-likeness (QED) is 0.419. The number of sulfonamides is 1. The summed E-state index contributed by atoms with van der Waals surface area (Å²) in [5.74, 6) is -0.653. The van der Waals surface area contributed by atoms with E-state index in [0.29, 0.717) is 0 Å². The number of ketones is 1. The number of anilines is 1. The lowest BCUT2D eigenvalue weighted by Crippen LogP contribution is -2.36. The van der Waals surface area contributed by atoms with Crippen LogP contribution in [-0.2, 0) is 20.8 Å². The molecule has 1 unspecified atom stereocenters. The summed E-state index contributed by atoms with van der Waals surface area (Å²) < 4.78 is 35.1. The number of nitrogens with zero attached hydrogens (tertiary/aromatic N) is 1. The van der Waals surface area contributed by atoms with Crippen molar-refractivity contribution in [3.63, 3.8) is 0 Å². The van der Waals surface area contributed by atoms with Crippen LogP contribution in [0.5, 0.6) is 0 Å². The van der Waals surface area contributed by atoms with E-state index >= 15 is 0 Å². The number of hydrogen-bond acceptors (Lipinski definition) is 6. The van der Waals surface area contributed by atoms with Gasteiger partial charge >= 0.3 is 0 Å². The Labute approximate surface area is 120 Å². The third-order valence-corrected chi connectivity index (χ3v) is 4.42. The van der Waals surface area contributed by atoms with Crippen LogP contribution < -0.4 is 10.6 Å². The summed E-state index contributed by atoms with van der Waals surface area (Å²) in [5.41, 5.74) is 5.88. The van der Waals surface area contributed by atoms with Gasteiger partial charge in [-0.15, -0.1) is 4.83 Å². The van der Waals surface area contributed by atoms with Gasteiger partial charge in [0.05, 0.1) is 10.6 Å². The van der Waals surface area contributed by atoms with Crippen LogP contribution in [0.2, 0.25) is 0 Å². The Kier molecular flexibility index (Phi) is 5.40. The maximum Gasteiger partial charge on any atom is 0.253 e. The van der Waals surface area contributed by atoms with E-state index in [1.54, 1.807) is 0 Å². The minimum Gasteiger partial charge on any atom is -0.398 e. The molecule has 9 heteroatoms. The van der Waals surface area contributed by atoms with E-state index in [4.69, 9.17) is 5.73 Å². The largest absolute Gasteiger partial charge is 0.398 e. The van der Waals surface area contributed by atoms with Crippen LogP contribution in [0.3, 0.4) is 0 Å². The Morgan fingerprint density at radius 1 is 1.40 bits per heavy atom. The van der Waals surface area contributed by atoms with Crippen molar-refractivity contribution in [1.29, 1.82) is 0 Å². The van der Waals surface area contributed by atoms with Gasteiger partial charge in [0.25, 0.3) is 10.0 Å². The van der Waals surface area contributed by atoms with Crippen molar-refractivity contribution in [1.82, 2.24) is 9.84 Å². The van der Waals surface area contributed by atoms with E-state index in [1.165, 1.54) is 43.6 Å². The summed E-state index contributed by atoms with van der Waals surface area (Å²) >= 11 is 0. The number of hydrazine groups is 1. The van der Waals surface area contributed by atoms with Crippen LogP contribution in [0.4, 0.5) is 5.69 Å². The standard InChI is InChI=1S/C11H17N3O4S2/c1-14(2)13-20(17,18)8-4-5-10(12)9(6-8)11(15)7-19(3)16/h4-6,13H,7,12H2,1-3H3. The summed E-state index contributed by atoms with van der Waals surface area (Å²) in [7, 11) is -2.03. The molecule has 3 N–H and O–H groups in total. The lowest BCUT2D eigenvalue weighted by Gasteiger charge is -2.13. The number of nitrogens with two attached hydrogens (primary N) is 1. The van der Waals surface area contributed by atoms with Gasteiger partial charge in [-0.25, -0.2) is 13.4 Å². The van der Waals surface area contributed by atoms with Gasteiger partial charge in [0.15, 0.2) is 5.78 Å². The molecule has 0 spiro atoms. The van der Waals surface area contributed by atoms with Crippen LogP contribution in [0.1, 0.15) is 10.4 Å². The highest BCUT2D eigenvalue weighted by atomic mass is 32.2. The molecule has 0 saturated heterocycles. The molecule has 0 aliphatic carbocycles. The summed E-state index contributed by atoms with van der Waals surface area (Å²) in [6, 6.07) is 3.84. The van der Waals surface area contributed by atoms with E-state index < -0.39 is 26.6 Å². The van der Waals surface area contributed by atoms with Crippen LogP contribution in [0.15, 0.2) is 23.1 Å². The Morgan fingerprint density at radius 2 is 2.00 bits per heavy atom. The molecule has 112 valence electrons. The van der Waals surface area contributed by atoms with Gasteiger partial charge in [-0.3, -0.25) is 9.00 Å². The zero-order valence-electron chi connectivity index (χ0n) is 11.4. The number of Topliss-reactive ketones (excluding diaryl/α,β-unsaturated/α-hetero) is 1. The molecular formula is C11H17N3O4S2. The SMILES string of the molecule is CN(C)NS(=O)(=O)c1ccc(N)c(C(=O)CS(C)=O)c1. The molecular weight excluding hydrogens is 302 g/mol. The highest BCUT2D eigenvalue weighted by molar-refractivity contribution is 7.89. The third kappa shape index (κ3) is 4.37. The predicted molar refractivity (Wildman–Crippen MR) is 78.1 cm³/mol. The van der Waals surface area contributed by atoms with E-state index in [-0.39, 0.29) is 21.9 Å². The first-order chi connectivity index (χ1) is 9.13. The van der Waals surface area contributed by atoms with Crippen molar-refractivity contribution >= 4 is 32.3 Å². The molecule has 1 aromatic rings. The number of benzene rings is 1. The Morgan fingerprint density at radius 3 is 2.50 bits per heavy atom. The van der Waals surface area contributed by atoms with E-state index in [0.717, 1.165) is 0 Å². The van der Waals surface area contributed by atoms with Gasteiger partial charge in [-0.2, -0.15) is 0 Å². The molecule has 1 aromatic carbocycles. The molecule has 1 rings (SSSR count). The number of nitrogen functional groups attached to an aromatic ring is 1. The molecule has 0 saturated carbocycles. The maximum absolute atomic E-state index is 12.0. The van der Waals surface area contributed by atoms with Gasteiger partial charge < -0.3 is 5.73 Å². The molecule has 7 nitrogen and oxygen atoms in total. The average molecular weight is 319 g/mol. The Hall–Kier alpha value is -1.29. The first-order valence-electron chi connectivity index (χ1n) is 5.56. The molecule has 0 heterocycles. The smallest absolute Gasteiger partial charge is 0.253 e. The van der Waals surface area contributed by atoms with E-state index in [2.05, 4.69) is 4.83 Å². The van der Waals surface area contributed by atoms with Gasteiger partial charge in [0.2, 0.25) is 0 Å². The number of carbonyl (C=O) groups excluding carboxylic acids is 1. The molecule has 0 aromatic heterocycles. The second kappa shape index (κ2) is 6.44. The fourth-order valence-corrected chi connectivity index (χ4v) is 3.13. The summed E-state index contributed by atoms with van der Waals surface area (Å²) in [6.45, 7) is 0. The first-order valence-corrected chi connectivity index (χ1v) is 8.77. The molecule has 0 amide bonds. The van der Waals surface area contributed by atoms with Crippen LogP contribution in [-0.4, -0.2) is 49.5 Å². The highest BCUT2D eigenvalue weighted by Gasteiger charge is 2.19. The average Bonchev–Trinajstić information content (AvgIpc) is 2.26. The zero-order valence-corrected chi connectivity index (χ0v) is 13.0. The molecule has 1 atom stereocenters. The lowest BCUT2D eigenvalue weighted by atomic mass is 10.1. The van der Waals surface area contributed by atoms with E-state index in [9.17, 15) is 17.4 Å². The van der Waals surface area contributed by atoms with Crippen LogP contribution in [0.25, 0.3) is 0 Å². The summed E-state index contributed by atoms with van der Waals surface area (Å²) in [5, 5.41) is 1.27. The normalized spacial score (nSPS) is 13.4. The number of rotatable bonds is 6. The van der Waals surface area contributed by atoms with Gasteiger partial charge in [-0.05, 0) is 18.2 Å². The Bertz CT molecular complexity index is 641. The minimum atomic E-state index is -3.77. The van der Waals surface area contributed by atoms with Gasteiger partial charge in [0.1, 0.15) is 0 Å². The molecule has 0 fully saturated rings.